The summed E-state index contributed by atoms with van der Waals surface area (Å²) in [6.07, 6.45) is 1.11. The van der Waals surface area contributed by atoms with Crippen molar-refractivity contribution < 1.29 is 9.84 Å². The van der Waals surface area contributed by atoms with Crippen molar-refractivity contribution in [3.63, 3.8) is 0 Å². The van der Waals surface area contributed by atoms with E-state index < -0.39 is 6.10 Å². The minimum atomic E-state index is -0.516. The normalized spacial score (nSPS) is 12.3. The highest BCUT2D eigenvalue weighted by molar-refractivity contribution is 5.83. The van der Waals surface area contributed by atoms with Crippen LogP contribution in [0.15, 0.2) is 60.8 Å². The molecular weight excluding hydrogens is 250 g/mol. The number of hydrogen-bond donors (Lipinski definition) is 1. The third kappa shape index (κ3) is 2.63. The van der Waals surface area contributed by atoms with Crippen molar-refractivity contribution >= 4 is 10.8 Å². The van der Waals surface area contributed by atoms with Crippen LogP contribution in [0.4, 0.5) is 0 Å². The lowest BCUT2D eigenvalue weighted by Gasteiger charge is -2.08. The zero-order valence-corrected chi connectivity index (χ0v) is 11.2. The maximum Gasteiger partial charge on any atom is 0.219 e. The maximum absolute atomic E-state index is 9.44. The van der Waals surface area contributed by atoms with Gasteiger partial charge in [0.1, 0.15) is 5.75 Å². The number of ether oxygens (including phenoxy) is 1. The number of aromatic nitrogens is 1. The highest BCUT2D eigenvalue weighted by atomic mass is 16.5. The fraction of sp³-hybridized carbons (Fsp3) is 0.118. The summed E-state index contributed by atoms with van der Waals surface area (Å²) in [5.41, 5.74) is 0.774. The average Bonchev–Trinajstić information content (AvgIpc) is 2.48. The second-order valence-electron chi connectivity index (χ2n) is 4.72. The van der Waals surface area contributed by atoms with Crippen molar-refractivity contribution in [2.24, 2.45) is 0 Å². The highest BCUT2D eigenvalue weighted by Gasteiger charge is 2.03. The maximum atomic E-state index is 9.44. The number of aliphatic hydroxyl groups is 1. The zero-order chi connectivity index (χ0) is 13.9. The van der Waals surface area contributed by atoms with Gasteiger partial charge in [-0.05, 0) is 41.5 Å². The number of hydrogen-bond acceptors (Lipinski definition) is 3. The molecule has 0 aliphatic rings. The van der Waals surface area contributed by atoms with Crippen molar-refractivity contribution in [2.45, 2.75) is 13.0 Å². The lowest BCUT2D eigenvalue weighted by atomic mass is 10.1. The third-order valence-corrected chi connectivity index (χ3v) is 3.18. The van der Waals surface area contributed by atoms with Crippen LogP contribution in [0.3, 0.4) is 0 Å². The minimum absolute atomic E-state index is 0.516. The second-order valence-corrected chi connectivity index (χ2v) is 4.72. The Morgan fingerprint density at radius 3 is 2.50 bits per heavy atom. The predicted octanol–water partition coefficient (Wildman–Crippen LogP) is 4.08. The molecule has 3 aromatic rings. The van der Waals surface area contributed by atoms with Gasteiger partial charge in [0.25, 0.3) is 0 Å². The van der Waals surface area contributed by atoms with Crippen LogP contribution in [-0.2, 0) is 0 Å². The Hall–Kier alpha value is -2.39. The summed E-state index contributed by atoms with van der Waals surface area (Å²) in [5.74, 6) is 1.27. The van der Waals surface area contributed by atoms with E-state index in [1.807, 2.05) is 42.5 Å². The van der Waals surface area contributed by atoms with Crippen molar-refractivity contribution in [1.82, 2.24) is 4.98 Å². The van der Waals surface area contributed by atoms with Crippen LogP contribution in [0.5, 0.6) is 11.6 Å². The number of benzene rings is 2. The van der Waals surface area contributed by atoms with E-state index in [-0.39, 0.29) is 0 Å². The van der Waals surface area contributed by atoms with Gasteiger partial charge >= 0.3 is 0 Å². The van der Waals surface area contributed by atoms with E-state index >= 15 is 0 Å². The first-order valence-electron chi connectivity index (χ1n) is 6.53. The van der Waals surface area contributed by atoms with Crippen molar-refractivity contribution in [3.8, 4) is 11.6 Å². The molecule has 0 amide bonds. The average molecular weight is 265 g/mol. The zero-order valence-electron chi connectivity index (χ0n) is 11.2. The van der Waals surface area contributed by atoms with Gasteiger partial charge in [0.2, 0.25) is 5.88 Å². The third-order valence-electron chi connectivity index (χ3n) is 3.18. The smallest absolute Gasteiger partial charge is 0.219 e. The van der Waals surface area contributed by atoms with Gasteiger partial charge in [-0.2, -0.15) is 0 Å². The number of nitrogens with zero attached hydrogens (tertiary/aromatic N) is 1. The largest absolute Gasteiger partial charge is 0.439 e. The molecule has 0 fully saturated rings. The molecule has 0 saturated heterocycles. The van der Waals surface area contributed by atoms with Gasteiger partial charge in [-0.15, -0.1) is 0 Å². The highest BCUT2D eigenvalue weighted by Crippen LogP contribution is 2.25. The number of rotatable bonds is 3. The van der Waals surface area contributed by atoms with Crippen LogP contribution in [-0.4, -0.2) is 10.1 Å². The molecule has 0 aliphatic heterocycles. The van der Waals surface area contributed by atoms with Gasteiger partial charge in [-0.1, -0.05) is 30.3 Å². The van der Waals surface area contributed by atoms with Crippen molar-refractivity contribution in [1.29, 1.82) is 0 Å². The molecule has 0 bridgehead atoms. The Morgan fingerprint density at radius 2 is 1.80 bits per heavy atom. The Balaban J connectivity index is 1.85. The van der Waals surface area contributed by atoms with E-state index in [1.165, 1.54) is 5.39 Å². The predicted molar refractivity (Wildman–Crippen MR) is 78.9 cm³/mol. The van der Waals surface area contributed by atoms with E-state index in [9.17, 15) is 5.11 Å². The molecule has 1 unspecified atom stereocenters. The van der Waals surface area contributed by atoms with Gasteiger partial charge in [0.05, 0.1) is 6.10 Å². The standard InChI is InChI=1S/C17H15NO2/c1-12(19)15-7-9-17(18-11-15)20-16-8-6-13-4-2-3-5-14(13)10-16/h2-12,19H,1H3. The molecule has 2 aromatic carbocycles. The van der Waals surface area contributed by atoms with Gasteiger partial charge in [-0.3, -0.25) is 0 Å². The van der Waals surface area contributed by atoms with Crippen LogP contribution in [0, 0.1) is 0 Å². The van der Waals surface area contributed by atoms with Gasteiger partial charge in [0.15, 0.2) is 0 Å². The van der Waals surface area contributed by atoms with Gasteiger partial charge in [0, 0.05) is 12.3 Å². The van der Waals surface area contributed by atoms with E-state index in [0.717, 1.165) is 16.7 Å². The van der Waals surface area contributed by atoms with Crippen LogP contribution >= 0.6 is 0 Å². The summed E-state index contributed by atoms with van der Waals surface area (Å²) >= 11 is 0. The second kappa shape index (κ2) is 5.31. The lowest BCUT2D eigenvalue weighted by molar-refractivity contribution is 0.198. The monoisotopic (exact) mass is 265 g/mol. The van der Waals surface area contributed by atoms with Crippen LogP contribution in [0.2, 0.25) is 0 Å². The number of pyridine rings is 1. The molecule has 3 heteroatoms. The lowest BCUT2D eigenvalue weighted by Crippen LogP contribution is -1.93. The molecule has 3 nitrogen and oxygen atoms in total. The molecule has 0 radical (unpaired) electrons. The summed E-state index contributed by atoms with van der Waals surface area (Å²) < 4.78 is 5.73. The minimum Gasteiger partial charge on any atom is -0.439 e. The first-order valence-corrected chi connectivity index (χ1v) is 6.53. The van der Waals surface area contributed by atoms with E-state index in [1.54, 1.807) is 19.2 Å². The molecule has 1 N–H and O–H groups in total. The first-order chi connectivity index (χ1) is 9.72. The molecule has 0 spiro atoms. The molecule has 1 atom stereocenters. The SMILES string of the molecule is CC(O)c1ccc(Oc2ccc3ccccc3c2)nc1. The molecule has 3 rings (SSSR count). The summed E-state index contributed by atoms with van der Waals surface area (Å²) in [6.45, 7) is 1.71. The molecule has 20 heavy (non-hydrogen) atoms. The fourth-order valence-corrected chi connectivity index (χ4v) is 2.05. The summed E-state index contributed by atoms with van der Waals surface area (Å²) in [6, 6.07) is 17.6. The van der Waals surface area contributed by atoms with E-state index in [4.69, 9.17) is 4.74 Å². The van der Waals surface area contributed by atoms with Crippen LogP contribution in [0.25, 0.3) is 10.8 Å². The van der Waals surface area contributed by atoms with Crippen molar-refractivity contribution in [2.75, 3.05) is 0 Å². The Kier molecular flexibility index (Phi) is 3.35. The molecular formula is C17H15NO2. The molecule has 1 aromatic heterocycles. The van der Waals surface area contributed by atoms with Crippen LogP contribution in [0.1, 0.15) is 18.6 Å². The van der Waals surface area contributed by atoms with Gasteiger partial charge in [-0.25, -0.2) is 4.98 Å². The molecule has 1 heterocycles. The number of fused-ring (bicyclic) bond motifs is 1. The van der Waals surface area contributed by atoms with Gasteiger partial charge < -0.3 is 9.84 Å². The summed E-state index contributed by atoms with van der Waals surface area (Å²) in [7, 11) is 0. The Labute approximate surface area is 117 Å². The first kappa shape index (κ1) is 12.6. The van der Waals surface area contributed by atoms with E-state index in [2.05, 4.69) is 11.1 Å². The quantitative estimate of drug-likeness (QED) is 0.775. The molecule has 0 saturated carbocycles. The summed E-state index contributed by atoms with van der Waals surface area (Å²) in [4.78, 5) is 4.19. The Morgan fingerprint density at radius 1 is 1.00 bits per heavy atom. The summed E-state index contributed by atoms with van der Waals surface area (Å²) in [5, 5.41) is 11.8. The van der Waals surface area contributed by atoms with Crippen LogP contribution < -0.4 is 4.74 Å². The number of aliphatic hydroxyl groups excluding tert-OH is 1. The molecule has 0 aliphatic carbocycles. The van der Waals surface area contributed by atoms with Crippen molar-refractivity contribution in [3.05, 3.63) is 66.4 Å². The van der Waals surface area contributed by atoms with E-state index in [0.29, 0.717) is 5.88 Å². The fourth-order valence-electron chi connectivity index (χ4n) is 2.05. The Bertz CT molecular complexity index is 720. The molecule has 100 valence electrons. The topological polar surface area (TPSA) is 42.4 Å².